The Morgan fingerprint density at radius 1 is 1.14 bits per heavy atom. The van der Waals surface area contributed by atoms with E-state index < -0.39 is 0 Å². The van der Waals surface area contributed by atoms with Gasteiger partial charge in [0.1, 0.15) is 0 Å². The minimum Gasteiger partial charge on any atom is -0.398 e. The number of rotatable bonds is 4. The molecule has 2 aromatic carbocycles. The molecule has 0 aliphatic rings. The number of anilines is 2. The van der Waals surface area contributed by atoms with Gasteiger partial charge in [0.05, 0.1) is 21.5 Å². The van der Waals surface area contributed by atoms with Crippen molar-refractivity contribution < 1.29 is 4.79 Å². The first-order chi connectivity index (χ1) is 9.97. The van der Waals surface area contributed by atoms with Crippen LogP contribution in [0.4, 0.5) is 11.4 Å². The molecule has 3 nitrogen and oxygen atoms in total. The Kier molecular flexibility index (Phi) is 5.65. The molecule has 1 amide bonds. The zero-order valence-corrected chi connectivity index (χ0v) is 13.8. The summed E-state index contributed by atoms with van der Waals surface area (Å²) in [4.78, 5) is 12.7. The SMILES string of the molecule is Nc1ccc(Cl)cc1SCC(=O)Nc1c(Cl)cccc1Cl. The summed E-state index contributed by atoms with van der Waals surface area (Å²) in [5.41, 5.74) is 6.81. The molecule has 0 spiro atoms. The van der Waals surface area contributed by atoms with Crippen LogP contribution in [0.5, 0.6) is 0 Å². The fraction of sp³-hybridized carbons (Fsp3) is 0.0714. The minimum atomic E-state index is -0.227. The predicted molar refractivity (Wildman–Crippen MR) is 91.7 cm³/mol. The number of nitrogen functional groups attached to an aromatic ring is 1. The lowest BCUT2D eigenvalue weighted by Crippen LogP contribution is -2.14. The summed E-state index contributed by atoms with van der Waals surface area (Å²) < 4.78 is 0. The van der Waals surface area contributed by atoms with Crippen LogP contribution in [-0.2, 0) is 4.79 Å². The maximum Gasteiger partial charge on any atom is 0.234 e. The maximum absolute atomic E-state index is 12.0. The third-order valence-corrected chi connectivity index (χ3v) is 4.50. The van der Waals surface area contributed by atoms with Crippen molar-refractivity contribution in [1.82, 2.24) is 0 Å². The highest BCUT2D eigenvalue weighted by Gasteiger charge is 2.11. The highest BCUT2D eigenvalue weighted by molar-refractivity contribution is 8.00. The van der Waals surface area contributed by atoms with Gasteiger partial charge in [-0.05, 0) is 30.3 Å². The molecule has 3 N–H and O–H groups in total. The van der Waals surface area contributed by atoms with Crippen LogP contribution in [0.25, 0.3) is 0 Å². The van der Waals surface area contributed by atoms with Crippen LogP contribution >= 0.6 is 46.6 Å². The summed E-state index contributed by atoms with van der Waals surface area (Å²) in [7, 11) is 0. The summed E-state index contributed by atoms with van der Waals surface area (Å²) in [5, 5.41) is 4.04. The lowest BCUT2D eigenvalue weighted by molar-refractivity contribution is -0.113. The number of para-hydroxylation sites is 1. The van der Waals surface area contributed by atoms with E-state index in [1.54, 1.807) is 36.4 Å². The van der Waals surface area contributed by atoms with Crippen molar-refractivity contribution in [2.45, 2.75) is 4.90 Å². The third-order valence-electron chi connectivity index (χ3n) is 2.56. The van der Waals surface area contributed by atoms with E-state index in [4.69, 9.17) is 40.5 Å². The number of carbonyl (C=O) groups excluding carboxylic acids is 1. The molecule has 21 heavy (non-hydrogen) atoms. The maximum atomic E-state index is 12.0. The minimum absolute atomic E-state index is 0.173. The smallest absolute Gasteiger partial charge is 0.234 e. The molecular weight excluding hydrogens is 351 g/mol. The van der Waals surface area contributed by atoms with Crippen LogP contribution in [0.2, 0.25) is 15.1 Å². The number of amides is 1. The van der Waals surface area contributed by atoms with Gasteiger partial charge in [0.25, 0.3) is 0 Å². The fourth-order valence-corrected chi connectivity index (χ4v) is 3.10. The van der Waals surface area contributed by atoms with Crippen molar-refractivity contribution in [2.24, 2.45) is 0 Å². The summed E-state index contributed by atoms with van der Waals surface area (Å²) in [6.07, 6.45) is 0. The monoisotopic (exact) mass is 360 g/mol. The van der Waals surface area contributed by atoms with Gasteiger partial charge in [-0.15, -0.1) is 11.8 Å². The molecule has 0 atom stereocenters. The predicted octanol–water partition coefficient (Wildman–Crippen LogP) is 4.96. The molecule has 0 saturated carbocycles. The average Bonchev–Trinajstić information content (AvgIpc) is 2.44. The van der Waals surface area contributed by atoms with Gasteiger partial charge in [-0.25, -0.2) is 0 Å². The van der Waals surface area contributed by atoms with Gasteiger partial charge in [0, 0.05) is 15.6 Å². The van der Waals surface area contributed by atoms with Gasteiger partial charge < -0.3 is 11.1 Å². The zero-order chi connectivity index (χ0) is 15.4. The molecule has 0 aliphatic heterocycles. The largest absolute Gasteiger partial charge is 0.398 e. The Balaban J connectivity index is 2.01. The van der Waals surface area contributed by atoms with E-state index >= 15 is 0 Å². The first-order valence-electron chi connectivity index (χ1n) is 5.89. The summed E-state index contributed by atoms with van der Waals surface area (Å²) in [6.45, 7) is 0. The van der Waals surface area contributed by atoms with Crippen LogP contribution in [0.15, 0.2) is 41.3 Å². The second kappa shape index (κ2) is 7.27. The van der Waals surface area contributed by atoms with Gasteiger partial charge in [0.2, 0.25) is 5.91 Å². The van der Waals surface area contributed by atoms with Crippen LogP contribution in [0, 0.1) is 0 Å². The van der Waals surface area contributed by atoms with Gasteiger partial charge in [-0.3, -0.25) is 4.79 Å². The number of hydrogen-bond acceptors (Lipinski definition) is 3. The Morgan fingerprint density at radius 2 is 1.81 bits per heavy atom. The molecular formula is C14H11Cl3N2OS. The Bertz CT molecular complexity index is 659. The zero-order valence-electron chi connectivity index (χ0n) is 10.7. The molecule has 0 radical (unpaired) electrons. The number of benzene rings is 2. The topological polar surface area (TPSA) is 55.1 Å². The molecule has 0 aromatic heterocycles. The first-order valence-corrected chi connectivity index (χ1v) is 8.01. The first kappa shape index (κ1) is 16.3. The van der Waals surface area contributed by atoms with Crippen LogP contribution in [0.3, 0.4) is 0 Å². The highest BCUT2D eigenvalue weighted by atomic mass is 35.5. The normalized spacial score (nSPS) is 10.4. The van der Waals surface area contributed by atoms with Gasteiger partial charge in [0.15, 0.2) is 0 Å². The lowest BCUT2D eigenvalue weighted by Gasteiger charge is -2.09. The van der Waals surface area contributed by atoms with Crippen LogP contribution < -0.4 is 11.1 Å². The molecule has 2 aromatic rings. The number of nitrogens with two attached hydrogens (primary N) is 1. The van der Waals surface area contributed by atoms with E-state index in [2.05, 4.69) is 5.32 Å². The number of carbonyl (C=O) groups is 1. The van der Waals surface area contributed by atoms with E-state index in [0.717, 1.165) is 4.90 Å². The number of nitrogens with one attached hydrogen (secondary N) is 1. The summed E-state index contributed by atoms with van der Waals surface area (Å²) >= 11 is 19.2. The second-order valence-electron chi connectivity index (χ2n) is 4.12. The van der Waals surface area contributed by atoms with Crippen molar-refractivity contribution in [3.63, 3.8) is 0 Å². The number of hydrogen-bond donors (Lipinski definition) is 2. The quantitative estimate of drug-likeness (QED) is 0.598. The van der Waals surface area contributed by atoms with E-state index in [-0.39, 0.29) is 11.7 Å². The summed E-state index contributed by atoms with van der Waals surface area (Å²) in [5.74, 6) is -0.0547. The van der Waals surface area contributed by atoms with E-state index in [1.165, 1.54) is 11.8 Å². The summed E-state index contributed by atoms with van der Waals surface area (Å²) in [6, 6.07) is 10.1. The van der Waals surface area contributed by atoms with E-state index in [9.17, 15) is 4.79 Å². The van der Waals surface area contributed by atoms with Crippen molar-refractivity contribution in [3.8, 4) is 0 Å². The average molecular weight is 362 g/mol. The molecule has 7 heteroatoms. The third kappa shape index (κ3) is 4.45. The van der Waals surface area contributed by atoms with Crippen molar-refractivity contribution in [1.29, 1.82) is 0 Å². The van der Waals surface area contributed by atoms with Crippen molar-refractivity contribution in [2.75, 3.05) is 16.8 Å². The Hall–Kier alpha value is -1.07. The molecule has 2 rings (SSSR count). The molecule has 0 bridgehead atoms. The fourth-order valence-electron chi connectivity index (χ4n) is 1.57. The molecule has 0 unspecified atom stereocenters. The Morgan fingerprint density at radius 3 is 2.48 bits per heavy atom. The van der Waals surface area contributed by atoms with E-state index in [0.29, 0.717) is 26.4 Å². The van der Waals surface area contributed by atoms with Crippen molar-refractivity contribution >= 4 is 63.8 Å². The lowest BCUT2D eigenvalue weighted by atomic mass is 10.3. The molecule has 0 heterocycles. The second-order valence-corrected chi connectivity index (χ2v) is 6.38. The van der Waals surface area contributed by atoms with Gasteiger partial charge >= 0.3 is 0 Å². The van der Waals surface area contributed by atoms with Crippen LogP contribution in [-0.4, -0.2) is 11.7 Å². The molecule has 0 fully saturated rings. The molecule has 0 saturated heterocycles. The van der Waals surface area contributed by atoms with E-state index in [1.807, 2.05) is 0 Å². The standard InChI is InChI=1S/C14H11Cl3N2OS/c15-8-4-5-11(18)12(6-8)21-7-13(20)19-14-9(16)2-1-3-10(14)17/h1-6H,7,18H2,(H,19,20). The molecule has 110 valence electrons. The van der Waals surface area contributed by atoms with Crippen molar-refractivity contribution in [3.05, 3.63) is 51.5 Å². The number of halogens is 3. The Labute approximate surface area is 141 Å². The van der Waals surface area contributed by atoms with Gasteiger partial charge in [-0.1, -0.05) is 40.9 Å². The highest BCUT2D eigenvalue weighted by Crippen LogP contribution is 2.31. The number of thioether (sulfide) groups is 1. The van der Waals surface area contributed by atoms with Gasteiger partial charge in [-0.2, -0.15) is 0 Å². The molecule has 0 aliphatic carbocycles. The van der Waals surface area contributed by atoms with Crippen LogP contribution in [0.1, 0.15) is 0 Å².